The molecule has 4 aromatic rings. The number of amides is 1. The Morgan fingerprint density at radius 3 is 2.81 bits per heavy atom. The smallest absolute Gasteiger partial charge is 0.263 e. The van der Waals surface area contributed by atoms with Crippen molar-refractivity contribution in [2.75, 3.05) is 27.3 Å². The van der Waals surface area contributed by atoms with Gasteiger partial charge in [-0.3, -0.25) is 4.79 Å². The number of aromatic nitrogens is 3. The summed E-state index contributed by atoms with van der Waals surface area (Å²) in [6.45, 7) is 1.42. The van der Waals surface area contributed by atoms with Gasteiger partial charge in [-0.05, 0) is 42.5 Å². The van der Waals surface area contributed by atoms with Gasteiger partial charge in [0.25, 0.3) is 5.91 Å². The molecule has 0 radical (unpaired) electrons. The molecule has 1 unspecified atom stereocenters. The van der Waals surface area contributed by atoms with Gasteiger partial charge >= 0.3 is 0 Å². The fourth-order valence-corrected chi connectivity index (χ4v) is 4.97. The van der Waals surface area contributed by atoms with E-state index in [1.54, 1.807) is 14.2 Å². The molecule has 7 nitrogen and oxygen atoms in total. The first-order valence-electron chi connectivity index (χ1n) is 10.6. The number of hydrogen-bond acceptors (Lipinski definition) is 6. The van der Waals surface area contributed by atoms with E-state index in [-0.39, 0.29) is 11.8 Å². The molecule has 5 rings (SSSR count). The van der Waals surface area contributed by atoms with E-state index in [1.807, 2.05) is 63.5 Å². The van der Waals surface area contributed by atoms with Crippen molar-refractivity contribution < 1.29 is 14.3 Å². The Balaban J connectivity index is 1.43. The number of carbonyl (C=O) groups is 1. The molecular weight excluding hydrogens is 424 g/mol. The summed E-state index contributed by atoms with van der Waals surface area (Å²) in [6.07, 6.45) is 3.88. The van der Waals surface area contributed by atoms with Crippen LogP contribution in [0.4, 0.5) is 0 Å². The van der Waals surface area contributed by atoms with Crippen LogP contribution in [0.1, 0.15) is 34.3 Å². The van der Waals surface area contributed by atoms with E-state index in [4.69, 9.17) is 19.6 Å². The summed E-state index contributed by atoms with van der Waals surface area (Å²) in [5.41, 5.74) is 2.67. The fraction of sp³-hybridized carbons (Fsp3) is 0.292. The number of para-hydroxylation sites is 1. The third-order valence-electron chi connectivity index (χ3n) is 5.87. The number of methoxy groups -OCH3 is 2. The SMILES string of the molecule is COc1cccc(-c2ccc3nc(C4CCCN(C(=O)c5cccs5)C4)nn3c2)c1OC. The number of likely N-dealkylation sites (tertiary alicyclic amines) is 1. The number of thiophene rings is 1. The Morgan fingerprint density at radius 2 is 2.03 bits per heavy atom. The van der Waals surface area contributed by atoms with Gasteiger partial charge in [0, 0.05) is 36.3 Å². The van der Waals surface area contributed by atoms with Crippen LogP contribution in [0.15, 0.2) is 54.0 Å². The highest BCUT2D eigenvalue weighted by atomic mass is 32.1. The molecule has 0 N–H and O–H groups in total. The van der Waals surface area contributed by atoms with E-state index < -0.39 is 0 Å². The molecule has 1 aliphatic heterocycles. The number of hydrogen-bond donors (Lipinski definition) is 0. The minimum atomic E-state index is 0.0980. The van der Waals surface area contributed by atoms with Gasteiger partial charge in [0.15, 0.2) is 23.0 Å². The van der Waals surface area contributed by atoms with Crippen LogP contribution in [-0.4, -0.2) is 52.7 Å². The maximum atomic E-state index is 12.8. The highest BCUT2D eigenvalue weighted by Gasteiger charge is 2.28. The molecule has 0 spiro atoms. The van der Waals surface area contributed by atoms with Gasteiger partial charge in [0.1, 0.15) is 0 Å². The molecule has 32 heavy (non-hydrogen) atoms. The first-order valence-corrected chi connectivity index (χ1v) is 11.5. The maximum absolute atomic E-state index is 12.8. The van der Waals surface area contributed by atoms with Crippen molar-refractivity contribution in [1.82, 2.24) is 19.5 Å². The van der Waals surface area contributed by atoms with Crippen LogP contribution >= 0.6 is 11.3 Å². The quantitative estimate of drug-likeness (QED) is 0.450. The topological polar surface area (TPSA) is 69.0 Å². The van der Waals surface area contributed by atoms with Crippen LogP contribution < -0.4 is 9.47 Å². The van der Waals surface area contributed by atoms with Crippen LogP contribution in [0.3, 0.4) is 0 Å². The molecule has 0 bridgehead atoms. The lowest BCUT2D eigenvalue weighted by atomic mass is 9.97. The van der Waals surface area contributed by atoms with Gasteiger partial charge in [-0.25, -0.2) is 9.50 Å². The van der Waals surface area contributed by atoms with Gasteiger partial charge in [0.05, 0.1) is 19.1 Å². The number of rotatable bonds is 5. The zero-order valence-electron chi connectivity index (χ0n) is 18.0. The minimum absolute atomic E-state index is 0.0980. The Bertz CT molecular complexity index is 1250. The highest BCUT2D eigenvalue weighted by molar-refractivity contribution is 7.12. The summed E-state index contributed by atoms with van der Waals surface area (Å²) in [7, 11) is 3.27. The number of nitrogens with zero attached hydrogens (tertiary/aromatic N) is 4. The van der Waals surface area contributed by atoms with Crippen molar-refractivity contribution in [1.29, 1.82) is 0 Å². The fourth-order valence-electron chi connectivity index (χ4n) is 4.28. The Hall–Kier alpha value is -3.39. The van der Waals surface area contributed by atoms with Gasteiger partial charge in [-0.2, -0.15) is 5.10 Å². The van der Waals surface area contributed by atoms with Crippen LogP contribution in [0.2, 0.25) is 0 Å². The maximum Gasteiger partial charge on any atom is 0.263 e. The van der Waals surface area contributed by atoms with E-state index in [1.165, 1.54) is 11.3 Å². The Kier molecular flexibility index (Phi) is 5.53. The summed E-state index contributed by atoms with van der Waals surface area (Å²) in [4.78, 5) is 20.3. The van der Waals surface area contributed by atoms with Crippen molar-refractivity contribution >= 4 is 22.9 Å². The van der Waals surface area contributed by atoms with Crippen LogP contribution in [0.5, 0.6) is 11.5 Å². The van der Waals surface area contributed by atoms with Gasteiger partial charge < -0.3 is 14.4 Å². The largest absolute Gasteiger partial charge is 0.493 e. The van der Waals surface area contributed by atoms with Gasteiger partial charge in [-0.15, -0.1) is 11.3 Å². The number of piperidine rings is 1. The van der Waals surface area contributed by atoms with Crippen LogP contribution in [0.25, 0.3) is 16.8 Å². The number of pyridine rings is 1. The molecule has 0 aliphatic carbocycles. The van der Waals surface area contributed by atoms with Crippen LogP contribution in [0, 0.1) is 0 Å². The number of carbonyl (C=O) groups excluding carboxylic acids is 1. The van der Waals surface area contributed by atoms with Crippen molar-refractivity contribution in [3.63, 3.8) is 0 Å². The molecular formula is C24H24N4O3S. The van der Waals surface area contributed by atoms with E-state index >= 15 is 0 Å². The lowest BCUT2D eigenvalue weighted by Crippen LogP contribution is -2.39. The summed E-state index contributed by atoms with van der Waals surface area (Å²) in [5.74, 6) is 2.37. The third kappa shape index (κ3) is 3.71. The van der Waals surface area contributed by atoms with E-state index in [0.29, 0.717) is 18.0 Å². The first kappa shape index (κ1) is 20.5. The summed E-state index contributed by atoms with van der Waals surface area (Å²) >= 11 is 1.48. The zero-order chi connectivity index (χ0) is 22.1. The Labute approximate surface area is 190 Å². The van der Waals surface area contributed by atoms with Crippen molar-refractivity contribution in [3.8, 4) is 22.6 Å². The molecule has 1 aliphatic rings. The standard InChI is InChI=1S/C24H24N4O3S/c1-30-19-8-3-7-18(22(19)31-2)16-10-11-21-25-23(26-28(21)15-16)17-6-4-12-27(14-17)24(29)20-9-5-13-32-20/h3,5,7-11,13,15,17H,4,6,12,14H2,1-2H3. The minimum Gasteiger partial charge on any atom is -0.493 e. The molecule has 3 aromatic heterocycles. The second-order valence-electron chi connectivity index (χ2n) is 7.80. The molecule has 8 heteroatoms. The molecule has 4 heterocycles. The summed E-state index contributed by atoms with van der Waals surface area (Å²) in [6, 6.07) is 13.6. The van der Waals surface area contributed by atoms with Crippen molar-refractivity contribution in [2.45, 2.75) is 18.8 Å². The van der Waals surface area contributed by atoms with E-state index in [2.05, 4.69) is 0 Å². The average molecular weight is 449 g/mol. The predicted molar refractivity (Wildman–Crippen MR) is 124 cm³/mol. The second-order valence-corrected chi connectivity index (χ2v) is 8.75. The van der Waals surface area contributed by atoms with Crippen molar-refractivity contribution in [2.24, 2.45) is 0 Å². The lowest BCUT2D eigenvalue weighted by Gasteiger charge is -2.31. The summed E-state index contributed by atoms with van der Waals surface area (Å²) < 4.78 is 12.8. The first-order chi connectivity index (χ1) is 15.7. The highest BCUT2D eigenvalue weighted by Crippen LogP contribution is 2.37. The average Bonchev–Trinajstić information content (AvgIpc) is 3.53. The zero-order valence-corrected chi connectivity index (χ0v) is 18.8. The molecule has 164 valence electrons. The van der Waals surface area contributed by atoms with E-state index in [0.717, 1.165) is 46.9 Å². The van der Waals surface area contributed by atoms with Gasteiger partial charge in [-0.1, -0.05) is 18.2 Å². The second kappa shape index (κ2) is 8.63. The molecule has 1 amide bonds. The molecule has 1 aromatic carbocycles. The molecule has 1 saturated heterocycles. The van der Waals surface area contributed by atoms with Crippen molar-refractivity contribution in [3.05, 3.63) is 64.7 Å². The molecule has 1 atom stereocenters. The number of fused-ring (bicyclic) bond motifs is 1. The van der Waals surface area contributed by atoms with Gasteiger partial charge in [0.2, 0.25) is 0 Å². The predicted octanol–water partition coefficient (Wildman–Crippen LogP) is 4.49. The van der Waals surface area contributed by atoms with E-state index in [9.17, 15) is 4.79 Å². The monoisotopic (exact) mass is 448 g/mol. The molecule has 1 fully saturated rings. The molecule has 0 saturated carbocycles. The normalized spacial score (nSPS) is 16.3. The third-order valence-corrected chi connectivity index (χ3v) is 6.72. The number of ether oxygens (including phenoxy) is 2. The Morgan fingerprint density at radius 1 is 1.12 bits per heavy atom. The van der Waals surface area contributed by atoms with Crippen LogP contribution in [-0.2, 0) is 0 Å². The lowest BCUT2D eigenvalue weighted by molar-refractivity contribution is 0.0709. The number of benzene rings is 1. The summed E-state index contributed by atoms with van der Waals surface area (Å²) in [5, 5.41) is 6.71.